The largest absolute Gasteiger partial charge is 0.396 e. The van der Waals surface area contributed by atoms with Crippen molar-refractivity contribution in [1.29, 1.82) is 0 Å². The van der Waals surface area contributed by atoms with Crippen LogP contribution in [0.15, 0.2) is 60.7 Å². The summed E-state index contributed by atoms with van der Waals surface area (Å²) >= 11 is 0. The van der Waals surface area contributed by atoms with E-state index < -0.39 is 0 Å². The number of aromatic nitrogens is 1. The van der Waals surface area contributed by atoms with Crippen LogP contribution in [0.2, 0.25) is 0 Å². The predicted octanol–water partition coefficient (Wildman–Crippen LogP) is 3.94. The lowest BCUT2D eigenvalue weighted by molar-refractivity contribution is 0.223. The highest BCUT2D eigenvalue weighted by atomic mass is 16.3. The number of rotatable bonds is 4. The molecule has 2 heteroatoms. The Kier molecular flexibility index (Phi) is 3.80. The summed E-state index contributed by atoms with van der Waals surface area (Å²) in [4.78, 5) is 0. The highest BCUT2D eigenvalue weighted by molar-refractivity contribution is 5.81. The van der Waals surface area contributed by atoms with Crippen LogP contribution in [-0.2, 0) is 7.05 Å². The molecule has 2 atom stereocenters. The number of aliphatic hydroxyl groups excluding tert-OH is 1. The Morgan fingerprint density at radius 1 is 1.00 bits per heavy atom. The predicted molar refractivity (Wildman–Crippen MR) is 87.5 cm³/mol. The minimum Gasteiger partial charge on any atom is -0.396 e. The van der Waals surface area contributed by atoms with E-state index in [0.29, 0.717) is 0 Å². The number of aliphatic hydroxyl groups is 1. The van der Waals surface area contributed by atoms with E-state index in [-0.39, 0.29) is 18.4 Å². The zero-order valence-corrected chi connectivity index (χ0v) is 12.5. The van der Waals surface area contributed by atoms with Gasteiger partial charge in [-0.15, -0.1) is 0 Å². The molecule has 3 rings (SSSR count). The van der Waals surface area contributed by atoms with Crippen LogP contribution in [0.3, 0.4) is 0 Å². The number of hydrogen-bond acceptors (Lipinski definition) is 1. The second-order valence-electron chi connectivity index (χ2n) is 5.74. The molecule has 3 aromatic rings. The van der Waals surface area contributed by atoms with Gasteiger partial charge in [-0.3, -0.25) is 0 Å². The Bertz CT molecular complexity index is 730. The van der Waals surface area contributed by atoms with E-state index in [2.05, 4.69) is 73.1 Å². The molecular weight excluding hydrogens is 258 g/mol. The van der Waals surface area contributed by atoms with Crippen molar-refractivity contribution < 1.29 is 5.11 Å². The van der Waals surface area contributed by atoms with Crippen LogP contribution >= 0.6 is 0 Å². The smallest absolute Gasteiger partial charge is 0.0480 e. The lowest BCUT2D eigenvalue weighted by Gasteiger charge is -2.24. The molecule has 0 saturated carbocycles. The van der Waals surface area contributed by atoms with Crippen LogP contribution in [0, 0.1) is 5.92 Å². The Labute approximate surface area is 125 Å². The summed E-state index contributed by atoms with van der Waals surface area (Å²) in [6, 6.07) is 21.1. The molecule has 1 N–H and O–H groups in total. The van der Waals surface area contributed by atoms with Crippen molar-refractivity contribution in [3.63, 3.8) is 0 Å². The van der Waals surface area contributed by atoms with Gasteiger partial charge in [0.2, 0.25) is 0 Å². The van der Waals surface area contributed by atoms with Gasteiger partial charge >= 0.3 is 0 Å². The molecule has 0 aliphatic carbocycles. The van der Waals surface area contributed by atoms with Crippen molar-refractivity contribution in [3.8, 4) is 0 Å². The van der Waals surface area contributed by atoms with Gasteiger partial charge in [-0.25, -0.2) is 0 Å². The van der Waals surface area contributed by atoms with E-state index in [0.717, 1.165) is 0 Å². The molecule has 0 fully saturated rings. The maximum Gasteiger partial charge on any atom is 0.0480 e. The molecule has 0 aliphatic rings. The fraction of sp³-hybridized carbons (Fsp3) is 0.263. The van der Waals surface area contributed by atoms with Crippen molar-refractivity contribution in [2.24, 2.45) is 13.0 Å². The van der Waals surface area contributed by atoms with Crippen molar-refractivity contribution >= 4 is 10.9 Å². The second-order valence-corrected chi connectivity index (χ2v) is 5.74. The van der Waals surface area contributed by atoms with Gasteiger partial charge in [0.05, 0.1) is 0 Å². The van der Waals surface area contributed by atoms with E-state index in [1.54, 1.807) is 0 Å². The van der Waals surface area contributed by atoms with Crippen LogP contribution in [0.25, 0.3) is 10.9 Å². The SMILES string of the molecule is CC(CO)C(c1ccccc1)c1cc2ccccc2n1C. The molecule has 0 bridgehead atoms. The summed E-state index contributed by atoms with van der Waals surface area (Å²) in [5, 5.41) is 10.9. The first-order valence-electron chi connectivity index (χ1n) is 7.42. The van der Waals surface area contributed by atoms with Gasteiger partial charge in [0.15, 0.2) is 0 Å². The average molecular weight is 279 g/mol. The average Bonchev–Trinajstić information content (AvgIpc) is 2.86. The summed E-state index contributed by atoms with van der Waals surface area (Å²) in [5.41, 5.74) is 3.74. The monoisotopic (exact) mass is 279 g/mol. The van der Waals surface area contributed by atoms with Gasteiger partial charge < -0.3 is 9.67 Å². The molecule has 2 unspecified atom stereocenters. The molecule has 0 spiro atoms. The molecule has 0 radical (unpaired) electrons. The molecule has 0 amide bonds. The van der Waals surface area contributed by atoms with E-state index in [1.807, 2.05) is 6.07 Å². The van der Waals surface area contributed by atoms with Crippen molar-refractivity contribution in [2.45, 2.75) is 12.8 Å². The number of nitrogens with zero attached hydrogens (tertiary/aromatic N) is 1. The minimum atomic E-state index is 0.176. The maximum atomic E-state index is 9.68. The molecule has 2 aromatic carbocycles. The summed E-state index contributed by atoms with van der Waals surface area (Å²) < 4.78 is 2.25. The third-order valence-corrected chi connectivity index (χ3v) is 4.32. The zero-order valence-electron chi connectivity index (χ0n) is 12.5. The lowest BCUT2D eigenvalue weighted by Crippen LogP contribution is -2.17. The maximum absolute atomic E-state index is 9.68. The molecule has 1 heterocycles. The minimum absolute atomic E-state index is 0.176. The Morgan fingerprint density at radius 2 is 1.67 bits per heavy atom. The molecule has 108 valence electrons. The highest BCUT2D eigenvalue weighted by Crippen LogP contribution is 2.34. The molecular formula is C19H21NO. The van der Waals surface area contributed by atoms with Crippen LogP contribution < -0.4 is 0 Å². The normalized spacial score (nSPS) is 14.2. The Morgan fingerprint density at radius 3 is 2.33 bits per heavy atom. The van der Waals surface area contributed by atoms with Gasteiger partial charge in [0, 0.05) is 30.8 Å². The molecule has 0 saturated heterocycles. The van der Waals surface area contributed by atoms with Crippen molar-refractivity contribution in [2.75, 3.05) is 6.61 Å². The van der Waals surface area contributed by atoms with E-state index in [4.69, 9.17) is 0 Å². The lowest BCUT2D eigenvalue weighted by atomic mass is 9.85. The van der Waals surface area contributed by atoms with Gasteiger partial charge in [-0.1, -0.05) is 55.5 Å². The number of aryl methyl sites for hydroxylation is 1. The van der Waals surface area contributed by atoms with Gasteiger partial charge in [0.1, 0.15) is 0 Å². The Balaban J connectivity index is 2.17. The van der Waals surface area contributed by atoms with E-state index >= 15 is 0 Å². The molecule has 1 aromatic heterocycles. The Hall–Kier alpha value is -2.06. The second kappa shape index (κ2) is 5.74. The number of hydrogen-bond donors (Lipinski definition) is 1. The standard InChI is InChI=1S/C19H21NO/c1-14(13-21)19(15-8-4-3-5-9-15)18-12-16-10-6-7-11-17(16)20(18)2/h3-12,14,19,21H,13H2,1-2H3. The molecule has 2 nitrogen and oxygen atoms in total. The van der Waals surface area contributed by atoms with Crippen molar-refractivity contribution in [3.05, 3.63) is 71.9 Å². The van der Waals surface area contributed by atoms with E-state index in [1.165, 1.54) is 22.2 Å². The fourth-order valence-corrected chi connectivity index (χ4v) is 3.17. The third kappa shape index (κ3) is 2.47. The molecule has 21 heavy (non-hydrogen) atoms. The van der Waals surface area contributed by atoms with Gasteiger partial charge in [0.25, 0.3) is 0 Å². The van der Waals surface area contributed by atoms with Crippen molar-refractivity contribution in [1.82, 2.24) is 4.57 Å². The number of fused-ring (bicyclic) bond motifs is 1. The van der Waals surface area contributed by atoms with Crippen LogP contribution in [0.4, 0.5) is 0 Å². The first kappa shape index (κ1) is 13.9. The third-order valence-electron chi connectivity index (χ3n) is 4.32. The zero-order chi connectivity index (χ0) is 14.8. The molecule has 0 aliphatic heterocycles. The number of para-hydroxylation sites is 1. The van der Waals surface area contributed by atoms with Crippen LogP contribution in [0.5, 0.6) is 0 Å². The van der Waals surface area contributed by atoms with Gasteiger partial charge in [-0.05, 0) is 29.0 Å². The van der Waals surface area contributed by atoms with Crippen LogP contribution in [0.1, 0.15) is 24.1 Å². The first-order valence-corrected chi connectivity index (χ1v) is 7.42. The highest BCUT2D eigenvalue weighted by Gasteiger charge is 2.24. The summed E-state index contributed by atoms with van der Waals surface area (Å²) in [5.74, 6) is 0.379. The first-order chi connectivity index (χ1) is 10.2. The summed E-state index contributed by atoms with van der Waals surface area (Å²) in [6.07, 6.45) is 0. The summed E-state index contributed by atoms with van der Waals surface area (Å²) in [6.45, 7) is 2.29. The topological polar surface area (TPSA) is 25.2 Å². The van der Waals surface area contributed by atoms with E-state index in [9.17, 15) is 5.11 Å². The van der Waals surface area contributed by atoms with Gasteiger partial charge in [-0.2, -0.15) is 0 Å². The summed E-state index contributed by atoms with van der Waals surface area (Å²) in [7, 11) is 2.11. The number of benzene rings is 2. The van der Waals surface area contributed by atoms with Crippen LogP contribution in [-0.4, -0.2) is 16.3 Å². The fourth-order valence-electron chi connectivity index (χ4n) is 3.17. The quantitative estimate of drug-likeness (QED) is 0.769.